The summed E-state index contributed by atoms with van der Waals surface area (Å²) in [6.07, 6.45) is 4.60. The van der Waals surface area contributed by atoms with Crippen molar-refractivity contribution in [3.63, 3.8) is 0 Å². The van der Waals surface area contributed by atoms with Gasteiger partial charge in [-0.1, -0.05) is 42.1 Å². The Balaban J connectivity index is 2.44. The van der Waals surface area contributed by atoms with Crippen molar-refractivity contribution in [3.8, 4) is 0 Å². The average Bonchev–Trinajstić information content (AvgIpc) is 2.32. The highest BCUT2D eigenvalue weighted by Gasteiger charge is 2.09. The molecule has 1 amide bonds. The maximum absolute atomic E-state index is 11.8. The second kappa shape index (κ2) is 7.33. The molecule has 0 unspecified atom stereocenters. The standard InChI is InChI=1S/C13H19BrN2O/c1-2-3-4-5-8-16-13(17)11-9-10(14)6-7-12(11)15/h6-7,9H,2-5,8,15H2,1H3,(H,16,17). The molecule has 1 aromatic carbocycles. The van der Waals surface area contributed by atoms with Crippen molar-refractivity contribution in [2.45, 2.75) is 32.6 Å². The van der Waals surface area contributed by atoms with Gasteiger partial charge in [0.05, 0.1) is 5.56 Å². The molecule has 0 radical (unpaired) electrons. The van der Waals surface area contributed by atoms with Gasteiger partial charge in [-0.2, -0.15) is 0 Å². The molecular weight excluding hydrogens is 280 g/mol. The van der Waals surface area contributed by atoms with Crippen LogP contribution in [0.5, 0.6) is 0 Å². The third kappa shape index (κ3) is 4.77. The fraction of sp³-hybridized carbons (Fsp3) is 0.462. The summed E-state index contributed by atoms with van der Waals surface area (Å²) in [6.45, 7) is 2.88. The molecule has 0 aliphatic carbocycles. The lowest BCUT2D eigenvalue weighted by atomic mass is 10.1. The first-order valence-electron chi connectivity index (χ1n) is 5.98. The van der Waals surface area contributed by atoms with E-state index < -0.39 is 0 Å². The van der Waals surface area contributed by atoms with Crippen LogP contribution in [0.3, 0.4) is 0 Å². The number of carbonyl (C=O) groups is 1. The first kappa shape index (κ1) is 14.0. The Hall–Kier alpha value is -1.03. The van der Waals surface area contributed by atoms with E-state index in [0.29, 0.717) is 17.8 Å². The van der Waals surface area contributed by atoms with Crippen molar-refractivity contribution in [2.75, 3.05) is 12.3 Å². The summed E-state index contributed by atoms with van der Waals surface area (Å²) < 4.78 is 0.864. The number of rotatable bonds is 6. The maximum atomic E-state index is 11.8. The van der Waals surface area contributed by atoms with Gasteiger partial charge in [0.2, 0.25) is 0 Å². The molecule has 0 aliphatic rings. The Morgan fingerprint density at radius 2 is 2.12 bits per heavy atom. The lowest BCUT2D eigenvalue weighted by Crippen LogP contribution is -2.25. The molecule has 94 valence electrons. The number of unbranched alkanes of at least 4 members (excludes halogenated alkanes) is 3. The zero-order valence-electron chi connectivity index (χ0n) is 10.1. The number of nitrogen functional groups attached to an aromatic ring is 1. The predicted molar refractivity (Wildman–Crippen MR) is 75.0 cm³/mol. The van der Waals surface area contributed by atoms with Gasteiger partial charge in [0, 0.05) is 16.7 Å². The molecule has 4 heteroatoms. The molecule has 3 nitrogen and oxygen atoms in total. The van der Waals surface area contributed by atoms with E-state index in [-0.39, 0.29) is 5.91 Å². The van der Waals surface area contributed by atoms with Crippen molar-refractivity contribution >= 4 is 27.5 Å². The van der Waals surface area contributed by atoms with Gasteiger partial charge in [-0.25, -0.2) is 0 Å². The summed E-state index contributed by atoms with van der Waals surface area (Å²) in [5.41, 5.74) is 6.81. The number of benzene rings is 1. The molecular formula is C13H19BrN2O. The Morgan fingerprint density at radius 3 is 2.82 bits per heavy atom. The third-order valence-corrected chi connectivity index (χ3v) is 3.07. The molecule has 0 fully saturated rings. The molecule has 17 heavy (non-hydrogen) atoms. The molecule has 0 atom stereocenters. The van der Waals surface area contributed by atoms with Crippen molar-refractivity contribution in [1.29, 1.82) is 0 Å². The Labute approximate surface area is 111 Å². The van der Waals surface area contributed by atoms with Crippen LogP contribution in [-0.4, -0.2) is 12.5 Å². The minimum Gasteiger partial charge on any atom is -0.398 e. The van der Waals surface area contributed by atoms with Crippen LogP contribution in [0.25, 0.3) is 0 Å². The summed E-state index contributed by atoms with van der Waals surface area (Å²) in [6, 6.07) is 5.31. The summed E-state index contributed by atoms with van der Waals surface area (Å²) in [5.74, 6) is -0.0969. The molecule has 1 rings (SSSR count). The molecule has 1 aromatic rings. The van der Waals surface area contributed by atoms with Gasteiger partial charge >= 0.3 is 0 Å². The van der Waals surface area contributed by atoms with Gasteiger partial charge in [-0.15, -0.1) is 0 Å². The fourth-order valence-corrected chi connectivity index (χ4v) is 1.94. The Bertz CT molecular complexity index is 380. The van der Waals surface area contributed by atoms with Gasteiger partial charge < -0.3 is 11.1 Å². The zero-order chi connectivity index (χ0) is 12.7. The highest BCUT2D eigenvalue weighted by molar-refractivity contribution is 9.10. The van der Waals surface area contributed by atoms with Gasteiger partial charge in [-0.05, 0) is 24.6 Å². The predicted octanol–water partition coefficient (Wildman–Crippen LogP) is 3.34. The minimum atomic E-state index is -0.0969. The van der Waals surface area contributed by atoms with Crippen molar-refractivity contribution in [3.05, 3.63) is 28.2 Å². The SMILES string of the molecule is CCCCCCNC(=O)c1cc(Br)ccc1N. The minimum absolute atomic E-state index is 0.0969. The van der Waals surface area contributed by atoms with E-state index in [0.717, 1.165) is 17.3 Å². The molecule has 0 bridgehead atoms. The van der Waals surface area contributed by atoms with Crippen LogP contribution < -0.4 is 11.1 Å². The topological polar surface area (TPSA) is 55.1 Å². The van der Waals surface area contributed by atoms with Crippen LogP contribution in [0.2, 0.25) is 0 Å². The molecule has 0 aromatic heterocycles. The first-order chi connectivity index (χ1) is 8.15. The van der Waals surface area contributed by atoms with Crippen LogP contribution in [0.4, 0.5) is 5.69 Å². The Kier molecular flexibility index (Phi) is 6.05. The van der Waals surface area contributed by atoms with Crippen molar-refractivity contribution in [2.24, 2.45) is 0 Å². The highest BCUT2D eigenvalue weighted by atomic mass is 79.9. The van der Waals surface area contributed by atoms with Gasteiger partial charge in [0.25, 0.3) is 5.91 Å². The monoisotopic (exact) mass is 298 g/mol. The van der Waals surface area contributed by atoms with Crippen molar-refractivity contribution < 1.29 is 4.79 Å². The normalized spacial score (nSPS) is 10.2. The third-order valence-electron chi connectivity index (χ3n) is 2.58. The summed E-state index contributed by atoms with van der Waals surface area (Å²) in [5, 5.41) is 2.89. The van der Waals surface area contributed by atoms with E-state index in [4.69, 9.17) is 5.73 Å². The highest BCUT2D eigenvalue weighted by Crippen LogP contribution is 2.18. The largest absolute Gasteiger partial charge is 0.398 e. The lowest BCUT2D eigenvalue weighted by molar-refractivity contribution is 0.0954. The Morgan fingerprint density at radius 1 is 1.35 bits per heavy atom. The number of nitrogens with two attached hydrogens (primary N) is 1. The van der Waals surface area contributed by atoms with E-state index >= 15 is 0 Å². The van der Waals surface area contributed by atoms with Gasteiger partial charge in [0.1, 0.15) is 0 Å². The fourth-order valence-electron chi connectivity index (χ4n) is 1.57. The number of amides is 1. The van der Waals surface area contributed by atoms with Crippen LogP contribution >= 0.6 is 15.9 Å². The second-order valence-electron chi connectivity index (χ2n) is 4.05. The number of anilines is 1. The molecule has 0 spiro atoms. The van der Waals surface area contributed by atoms with Crippen LogP contribution in [0.1, 0.15) is 43.0 Å². The van der Waals surface area contributed by atoms with Gasteiger partial charge in [-0.3, -0.25) is 4.79 Å². The second-order valence-corrected chi connectivity index (χ2v) is 4.96. The van der Waals surface area contributed by atoms with Gasteiger partial charge in [0.15, 0.2) is 0 Å². The number of hydrogen-bond donors (Lipinski definition) is 2. The molecule has 0 aliphatic heterocycles. The summed E-state index contributed by atoms with van der Waals surface area (Å²) in [7, 11) is 0. The number of nitrogens with one attached hydrogen (secondary N) is 1. The average molecular weight is 299 g/mol. The first-order valence-corrected chi connectivity index (χ1v) is 6.77. The van der Waals surface area contributed by atoms with E-state index in [1.165, 1.54) is 12.8 Å². The lowest BCUT2D eigenvalue weighted by Gasteiger charge is -2.07. The molecule has 0 saturated carbocycles. The smallest absolute Gasteiger partial charge is 0.253 e. The van der Waals surface area contributed by atoms with Crippen LogP contribution in [-0.2, 0) is 0 Å². The van der Waals surface area contributed by atoms with E-state index in [1.54, 1.807) is 12.1 Å². The quantitative estimate of drug-likeness (QED) is 0.625. The van der Waals surface area contributed by atoms with Crippen LogP contribution in [0.15, 0.2) is 22.7 Å². The van der Waals surface area contributed by atoms with Crippen molar-refractivity contribution in [1.82, 2.24) is 5.32 Å². The number of carbonyl (C=O) groups excluding carboxylic acids is 1. The summed E-state index contributed by atoms with van der Waals surface area (Å²) >= 11 is 3.33. The number of hydrogen-bond acceptors (Lipinski definition) is 2. The number of halogens is 1. The summed E-state index contributed by atoms with van der Waals surface area (Å²) in [4.78, 5) is 11.8. The zero-order valence-corrected chi connectivity index (χ0v) is 11.7. The van der Waals surface area contributed by atoms with Crippen LogP contribution in [0, 0.1) is 0 Å². The van der Waals surface area contributed by atoms with E-state index in [1.807, 2.05) is 6.07 Å². The molecule has 0 saturated heterocycles. The molecule has 3 N–H and O–H groups in total. The van der Waals surface area contributed by atoms with E-state index in [9.17, 15) is 4.79 Å². The van der Waals surface area contributed by atoms with E-state index in [2.05, 4.69) is 28.2 Å². The molecule has 0 heterocycles. The maximum Gasteiger partial charge on any atom is 0.253 e.